The molecule has 1 N–H and O–H groups in total. The van der Waals surface area contributed by atoms with E-state index in [1.165, 1.54) is 18.2 Å². The number of hydrogen-bond donors (Lipinski definition) is 1. The number of fused-ring (bicyclic) bond motifs is 1. The number of para-hydroxylation sites is 1. The lowest BCUT2D eigenvalue weighted by Gasteiger charge is -2.07. The van der Waals surface area contributed by atoms with Crippen LogP contribution in [0.25, 0.3) is 22.3 Å². The first-order valence-electron chi connectivity index (χ1n) is 8.23. The van der Waals surface area contributed by atoms with Crippen molar-refractivity contribution in [2.45, 2.75) is 36.7 Å². The van der Waals surface area contributed by atoms with Crippen molar-refractivity contribution < 1.29 is 4.52 Å². The molecule has 1 aliphatic rings. The zero-order valence-corrected chi connectivity index (χ0v) is 14.5. The highest BCUT2D eigenvalue weighted by Crippen LogP contribution is 2.42. The van der Waals surface area contributed by atoms with Crippen molar-refractivity contribution in [2.75, 3.05) is 0 Å². The van der Waals surface area contributed by atoms with E-state index >= 15 is 0 Å². The Morgan fingerprint density at radius 3 is 2.96 bits per heavy atom. The number of aromatic nitrogens is 6. The number of nitrogens with zero attached hydrogens (tertiary/aromatic N) is 5. The molecule has 1 saturated carbocycles. The van der Waals surface area contributed by atoms with Crippen molar-refractivity contribution in [3.63, 3.8) is 0 Å². The van der Waals surface area contributed by atoms with E-state index in [1.807, 2.05) is 25.3 Å². The summed E-state index contributed by atoms with van der Waals surface area (Å²) in [5.41, 5.74) is 2.20. The Bertz CT molecular complexity index is 1040. The molecular weight excluding hydrogens is 336 g/mol. The smallest absolute Gasteiger partial charge is 0.237 e. The molecule has 0 saturated heterocycles. The Labute approximate surface area is 147 Å². The van der Waals surface area contributed by atoms with Crippen LogP contribution in [0.3, 0.4) is 0 Å². The van der Waals surface area contributed by atoms with Gasteiger partial charge in [-0.15, -0.1) is 10.2 Å². The number of H-pyrrole nitrogens is 1. The van der Waals surface area contributed by atoms with Gasteiger partial charge in [-0.25, -0.2) is 0 Å². The molecule has 1 fully saturated rings. The van der Waals surface area contributed by atoms with Crippen molar-refractivity contribution in [2.24, 2.45) is 0 Å². The number of benzene rings is 1. The maximum absolute atomic E-state index is 5.19. The minimum atomic E-state index is 0.477. The second-order valence-corrected chi connectivity index (χ2v) is 7.12. The van der Waals surface area contributed by atoms with Gasteiger partial charge >= 0.3 is 0 Å². The zero-order valence-electron chi connectivity index (χ0n) is 13.6. The summed E-state index contributed by atoms with van der Waals surface area (Å²) in [5.74, 6) is 2.78. The van der Waals surface area contributed by atoms with Crippen LogP contribution in [-0.4, -0.2) is 29.9 Å². The number of hydrogen-bond acceptors (Lipinski definition) is 6. The first-order chi connectivity index (χ1) is 12.3. The van der Waals surface area contributed by atoms with Crippen molar-refractivity contribution >= 4 is 22.7 Å². The summed E-state index contributed by atoms with van der Waals surface area (Å²) < 4.78 is 7.45. The minimum absolute atomic E-state index is 0.477. The SMILES string of the molecule is Cc1noc(CSc2nnc(-c3c[nH]c4ccccc34)n2C2CC2)n1. The summed E-state index contributed by atoms with van der Waals surface area (Å²) in [5, 5.41) is 14.8. The maximum atomic E-state index is 5.19. The molecule has 0 aliphatic heterocycles. The molecule has 7 nitrogen and oxygen atoms in total. The molecule has 0 amide bonds. The van der Waals surface area contributed by atoms with Crippen molar-refractivity contribution in [3.8, 4) is 11.4 Å². The first-order valence-corrected chi connectivity index (χ1v) is 9.21. The molecule has 3 heterocycles. The van der Waals surface area contributed by atoms with Gasteiger partial charge in [0, 0.05) is 28.7 Å². The topological polar surface area (TPSA) is 85.4 Å². The van der Waals surface area contributed by atoms with Crippen molar-refractivity contribution in [1.29, 1.82) is 0 Å². The van der Waals surface area contributed by atoms with Crippen LogP contribution in [0.4, 0.5) is 0 Å². The fourth-order valence-electron chi connectivity index (χ4n) is 3.00. The molecule has 1 aliphatic carbocycles. The fraction of sp³-hybridized carbons (Fsp3) is 0.294. The molecule has 3 aromatic heterocycles. The fourth-order valence-corrected chi connectivity index (χ4v) is 3.85. The number of rotatable bonds is 5. The molecular formula is C17H16N6OS. The summed E-state index contributed by atoms with van der Waals surface area (Å²) in [4.78, 5) is 7.57. The van der Waals surface area contributed by atoms with Gasteiger partial charge in [0.05, 0.1) is 5.75 Å². The Morgan fingerprint density at radius 2 is 2.16 bits per heavy atom. The average Bonchev–Trinajstić information content (AvgIpc) is 3.05. The molecule has 4 aromatic rings. The predicted molar refractivity (Wildman–Crippen MR) is 94.2 cm³/mol. The van der Waals surface area contributed by atoms with Gasteiger partial charge in [-0.3, -0.25) is 4.57 Å². The van der Waals surface area contributed by atoms with E-state index in [9.17, 15) is 0 Å². The monoisotopic (exact) mass is 352 g/mol. The maximum Gasteiger partial charge on any atom is 0.237 e. The molecule has 0 spiro atoms. The van der Waals surface area contributed by atoms with Gasteiger partial charge in [-0.2, -0.15) is 4.98 Å². The second kappa shape index (κ2) is 5.73. The largest absolute Gasteiger partial charge is 0.360 e. The molecule has 126 valence electrons. The average molecular weight is 352 g/mol. The van der Waals surface area contributed by atoms with E-state index in [4.69, 9.17) is 4.52 Å². The molecule has 8 heteroatoms. The normalized spacial score (nSPS) is 14.4. The van der Waals surface area contributed by atoms with Gasteiger partial charge in [0.2, 0.25) is 5.89 Å². The third-order valence-electron chi connectivity index (χ3n) is 4.30. The highest BCUT2D eigenvalue weighted by atomic mass is 32.2. The lowest BCUT2D eigenvalue weighted by Crippen LogP contribution is -1.99. The Balaban J connectivity index is 1.51. The van der Waals surface area contributed by atoms with Gasteiger partial charge in [0.25, 0.3) is 0 Å². The molecule has 0 radical (unpaired) electrons. The van der Waals surface area contributed by atoms with Crippen LogP contribution in [0, 0.1) is 6.92 Å². The highest BCUT2D eigenvalue weighted by Gasteiger charge is 2.31. The lowest BCUT2D eigenvalue weighted by atomic mass is 10.1. The quantitative estimate of drug-likeness (QED) is 0.551. The van der Waals surface area contributed by atoms with Gasteiger partial charge in [0.15, 0.2) is 16.8 Å². The van der Waals surface area contributed by atoms with Gasteiger partial charge < -0.3 is 9.51 Å². The van der Waals surface area contributed by atoms with Gasteiger partial charge in [0.1, 0.15) is 0 Å². The lowest BCUT2D eigenvalue weighted by molar-refractivity contribution is 0.387. The Kier molecular flexibility index (Phi) is 3.37. The van der Waals surface area contributed by atoms with E-state index < -0.39 is 0 Å². The summed E-state index contributed by atoms with van der Waals surface area (Å²) in [6, 6.07) is 8.74. The molecule has 5 rings (SSSR count). The predicted octanol–water partition coefficient (Wildman–Crippen LogP) is 3.75. The highest BCUT2D eigenvalue weighted by molar-refractivity contribution is 7.98. The Morgan fingerprint density at radius 1 is 1.28 bits per heavy atom. The number of thioether (sulfide) groups is 1. The molecule has 25 heavy (non-hydrogen) atoms. The molecule has 0 atom stereocenters. The summed E-state index contributed by atoms with van der Waals surface area (Å²) in [6.45, 7) is 1.82. The summed E-state index contributed by atoms with van der Waals surface area (Å²) >= 11 is 1.59. The summed E-state index contributed by atoms with van der Waals surface area (Å²) in [7, 11) is 0. The third-order valence-corrected chi connectivity index (χ3v) is 5.23. The Hall–Kier alpha value is -2.61. The molecule has 0 unspecified atom stereocenters. The first kappa shape index (κ1) is 14.7. The number of aromatic amines is 1. The zero-order chi connectivity index (χ0) is 16.8. The third kappa shape index (κ3) is 2.62. The van der Waals surface area contributed by atoms with E-state index in [1.54, 1.807) is 11.8 Å². The molecule has 0 bridgehead atoms. The molecule has 1 aromatic carbocycles. The van der Waals surface area contributed by atoms with Crippen LogP contribution in [0.5, 0.6) is 0 Å². The van der Waals surface area contributed by atoms with Crippen molar-refractivity contribution in [1.82, 2.24) is 29.9 Å². The van der Waals surface area contributed by atoms with E-state index in [-0.39, 0.29) is 0 Å². The summed E-state index contributed by atoms with van der Waals surface area (Å²) in [6.07, 6.45) is 4.35. The van der Waals surface area contributed by atoms with Crippen LogP contribution < -0.4 is 0 Å². The minimum Gasteiger partial charge on any atom is -0.360 e. The van der Waals surface area contributed by atoms with E-state index in [2.05, 4.69) is 42.0 Å². The van der Waals surface area contributed by atoms with E-state index in [0.717, 1.165) is 22.1 Å². The number of nitrogens with one attached hydrogen (secondary N) is 1. The van der Waals surface area contributed by atoms with Gasteiger partial charge in [-0.05, 0) is 25.8 Å². The van der Waals surface area contributed by atoms with Crippen LogP contribution in [0.15, 0.2) is 40.1 Å². The number of aryl methyl sites for hydroxylation is 1. The van der Waals surface area contributed by atoms with Gasteiger partial charge in [-0.1, -0.05) is 35.1 Å². The van der Waals surface area contributed by atoms with Crippen molar-refractivity contribution in [3.05, 3.63) is 42.2 Å². The second-order valence-electron chi connectivity index (χ2n) is 6.18. The van der Waals surface area contributed by atoms with Crippen LogP contribution >= 0.6 is 11.8 Å². The van der Waals surface area contributed by atoms with Crippen LogP contribution in [0.2, 0.25) is 0 Å². The standard InChI is InChI=1S/C17H16N6OS/c1-10-19-15(24-22-10)9-25-17-21-20-16(23(17)11-6-7-11)13-8-18-14-5-3-2-4-12(13)14/h2-5,8,11,18H,6-7,9H2,1H3. The van der Waals surface area contributed by atoms with Crippen LogP contribution in [-0.2, 0) is 5.75 Å². The van der Waals surface area contributed by atoms with Crippen LogP contribution in [0.1, 0.15) is 30.6 Å². The van der Waals surface area contributed by atoms with E-state index in [0.29, 0.717) is 23.5 Å².